The number of hydrogen-bond acceptors (Lipinski definition) is 5. The van der Waals surface area contributed by atoms with E-state index >= 15 is 0 Å². The minimum absolute atomic E-state index is 0.449. The first-order valence-corrected chi connectivity index (χ1v) is 9.14. The molecule has 1 saturated carbocycles. The van der Waals surface area contributed by atoms with Crippen LogP contribution in [0.3, 0.4) is 0 Å². The van der Waals surface area contributed by atoms with E-state index in [0.29, 0.717) is 6.04 Å². The van der Waals surface area contributed by atoms with Crippen LogP contribution in [0.25, 0.3) is 11.0 Å². The summed E-state index contributed by atoms with van der Waals surface area (Å²) in [6, 6.07) is 9.44. The van der Waals surface area contributed by atoms with Crippen LogP contribution in [0.15, 0.2) is 29.3 Å². The molecule has 0 radical (unpaired) electrons. The minimum atomic E-state index is 0.449. The molecule has 6 heteroatoms. The van der Waals surface area contributed by atoms with Crippen molar-refractivity contribution in [1.82, 2.24) is 20.2 Å². The summed E-state index contributed by atoms with van der Waals surface area (Å²) in [7, 11) is 0. The molecular weight excluding hydrogens is 300 g/mol. The molecule has 1 atom stereocenters. The fraction of sp³-hybridized carbons (Fsp3) is 0.556. The van der Waals surface area contributed by atoms with Gasteiger partial charge >= 0.3 is 0 Å². The Bertz CT molecular complexity index is 729. The average Bonchev–Trinajstić information content (AvgIpc) is 3.19. The van der Waals surface area contributed by atoms with Crippen molar-refractivity contribution in [1.29, 1.82) is 0 Å². The molecule has 3 heterocycles. The lowest BCUT2D eigenvalue weighted by molar-refractivity contribution is 0.404. The Labute approximate surface area is 142 Å². The highest BCUT2D eigenvalue weighted by molar-refractivity contribution is 5.82. The molecule has 1 aromatic heterocycles. The van der Waals surface area contributed by atoms with E-state index in [1.54, 1.807) is 0 Å². The van der Waals surface area contributed by atoms with Crippen LogP contribution >= 0.6 is 0 Å². The number of rotatable bonds is 3. The van der Waals surface area contributed by atoms with Gasteiger partial charge in [0, 0.05) is 31.7 Å². The van der Waals surface area contributed by atoms with E-state index in [1.807, 2.05) is 6.07 Å². The number of nitrogens with one attached hydrogen (secondary N) is 2. The highest BCUT2D eigenvalue weighted by Crippen LogP contribution is 2.28. The molecule has 2 aromatic rings. The number of benzene rings is 1. The molecule has 1 saturated heterocycles. The van der Waals surface area contributed by atoms with Gasteiger partial charge in [-0.05, 0) is 37.8 Å². The minimum Gasteiger partial charge on any atom is -0.352 e. The maximum Gasteiger partial charge on any atom is 0.203 e. The van der Waals surface area contributed by atoms with Crippen molar-refractivity contribution in [2.24, 2.45) is 4.99 Å². The molecule has 1 aliphatic carbocycles. The number of nitrogens with zero attached hydrogens (tertiary/aromatic N) is 4. The van der Waals surface area contributed by atoms with Gasteiger partial charge in [0.15, 0.2) is 5.96 Å². The fourth-order valence-electron chi connectivity index (χ4n) is 3.89. The molecule has 2 aliphatic heterocycles. The lowest BCUT2D eigenvalue weighted by Gasteiger charge is -2.34. The smallest absolute Gasteiger partial charge is 0.203 e. The first-order chi connectivity index (χ1) is 11.9. The van der Waals surface area contributed by atoms with E-state index in [2.05, 4.69) is 38.3 Å². The first kappa shape index (κ1) is 14.1. The summed E-state index contributed by atoms with van der Waals surface area (Å²) in [6.07, 6.45) is 5.05. The quantitative estimate of drug-likeness (QED) is 0.906. The largest absolute Gasteiger partial charge is 0.352 e. The van der Waals surface area contributed by atoms with Gasteiger partial charge in [-0.1, -0.05) is 12.1 Å². The predicted octanol–water partition coefficient (Wildman–Crippen LogP) is 1.96. The van der Waals surface area contributed by atoms with Crippen molar-refractivity contribution in [2.45, 2.75) is 37.8 Å². The van der Waals surface area contributed by atoms with Crippen LogP contribution in [0.1, 0.15) is 25.7 Å². The summed E-state index contributed by atoms with van der Waals surface area (Å²) >= 11 is 0. The molecule has 0 amide bonds. The van der Waals surface area contributed by atoms with Crippen molar-refractivity contribution < 1.29 is 0 Å². The highest BCUT2D eigenvalue weighted by atomic mass is 15.4. The molecule has 1 aromatic carbocycles. The Morgan fingerprint density at radius 3 is 2.92 bits per heavy atom. The topological polar surface area (TPSA) is 59.6 Å². The number of guanidine groups is 1. The van der Waals surface area contributed by atoms with Crippen molar-refractivity contribution >= 4 is 22.9 Å². The summed E-state index contributed by atoms with van der Waals surface area (Å²) in [5.41, 5.74) is 2.16. The highest BCUT2D eigenvalue weighted by Gasteiger charge is 2.34. The molecular formula is C18H24N6. The van der Waals surface area contributed by atoms with E-state index in [-0.39, 0.29) is 0 Å². The average molecular weight is 324 g/mol. The summed E-state index contributed by atoms with van der Waals surface area (Å²) < 4.78 is 0. The van der Waals surface area contributed by atoms with Crippen molar-refractivity contribution in [2.75, 3.05) is 31.1 Å². The van der Waals surface area contributed by atoms with Crippen LogP contribution < -0.4 is 10.2 Å². The lowest BCUT2D eigenvalue weighted by Crippen LogP contribution is -2.51. The molecule has 126 valence electrons. The number of H-pyrrole nitrogens is 1. The van der Waals surface area contributed by atoms with Gasteiger partial charge in [0.25, 0.3) is 0 Å². The first-order valence-electron chi connectivity index (χ1n) is 9.14. The van der Waals surface area contributed by atoms with Gasteiger partial charge < -0.3 is 20.1 Å². The molecule has 0 bridgehead atoms. The van der Waals surface area contributed by atoms with E-state index < -0.39 is 0 Å². The normalized spacial score (nSPS) is 24.5. The number of para-hydroxylation sites is 2. The molecule has 3 aliphatic rings. The van der Waals surface area contributed by atoms with Gasteiger partial charge in [-0.3, -0.25) is 4.99 Å². The Hall–Kier alpha value is -2.24. The number of aromatic nitrogens is 2. The van der Waals surface area contributed by atoms with Gasteiger partial charge in [-0.2, -0.15) is 0 Å². The standard InChI is InChI=1S/C18H24N6/c1-2-6-16-15(5-1)21-18(22-16)23-10-3-4-13(12-23)20-17-19-9-11-24(17)14-7-8-14/h1-2,5-6,13-14H,3-4,7-12H2,(H,19,20)(H,21,22). The van der Waals surface area contributed by atoms with Crippen LogP contribution in [0, 0.1) is 0 Å². The number of anilines is 1. The van der Waals surface area contributed by atoms with E-state index in [0.717, 1.165) is 55.2 Å². The molecule has 24 heavy (non-hydrogen) atoms. The van der Waals surface area contributed by atoms with Crippen molar-refractivity contribution in [3.8, 4) is 0 Å². The predicted molar refractivity (Wildman–Crippen MR) is 96.5 cm³/mol. The monoisotopic (exact) mass is 324 g/mol. The van der Waals surface area contributed by atoms with Gasteiger partial charge in [-0.15, -0.1) is 0 Å². The van der Waals surface area contributed by atoms with Crippen LogP contribution in [0.5, 0.6) is 0 Å². The van der Waals surface area contributed by atoms with Gasteiger partial charge in [0.1, 0.15) is 0 Å². The number of fused-ring (bicyclic) bond motifs is 1. The van der Waals surface area contributed by atoms with Crippen LogP contribution in [0.2, 0.25) is 0 Å². The van der Waals surface area contributed by atoms with Crippen molar-refractivity contribution in [3.63, 3.8) is 0 Å². The number of aliphatic imine (C=N–C) groups is 1. The van der Waals surface area contributed by atoms with Crippen LogP contribution in [0.4, 0.5) is 5.95 Å². The number of aromatic amines is 1. The summed E-state index contributed by atoms with van der Waals surface area (Å²) in [6.45, 7) is 4.08. The number of imidazole rings is 1. The molecule has 6 nitrogen and oxygen atoms in total. The van der Waals surface area contributed by atoms with Gasteiger partial charge in [0.2, 0.25) is 5.95 Å². The van der Waals surface area contributed by atoms with E-state index in [4.69, 9.17) is 9.98 Å². The Morgan fingerprint density at radius 2 is 2.04 bits per heavy atom. The fourth-order valence-corrected chi connectivity index (χ4v) is 3.89. The zero-order valence-electron chi connectivity index (χ0n) is 13.9. The third kappa shape index (κ3) is 2.60. The van der Waals surface area contributed by atoms with Crippen molar-refractivity contribution in [3.05, 3.63) is 24.3 Å². The molecule has 2 fully saturated rings. The maximum atomic E-state index is 4.76. The third-order valence-electron chi connectivity index (χ3n) is 5.29. The second kappa shape index (κ2) is 5.69. The Kier molecular flexibility index (Phi) is 3.35. The summed E-state index contributed by atoms with van der Waals surface area (Å²) in [5, 5.41) is 3.72. The van der Waals surface area contributed by atoms with Crippen LogP contribution in [-0.4, -0.2) is 59.1 Å². The Morgan fingerprint density at radius 1 is 1.12 bits per heavy atom. The summed E-state index contributed by atoms with van der Waals surface area (Å²) in [5.74, 6) is 2.13. The molecule has 5 rings (SSSR count). The SMILES string of the molecule is c1ccc2[nH]c(N3CCCC(NC4=NCCN4C4CC4)C3)nc2c1. The molecule has 0 spiro atoms. The van der Waals surface area contributed by atoms with E-state index in [9.17, 15) is 0 Å². The second-order valence-electron chi connectivity index (χ2n) is 7.14. The van der Waals surface area contributed by atoms with E-state index in [1.165, 1.54) is 25.7 Å². The Balaban J connectivity index is 1.29. The number of hydrogen-bond donors (Lipinski definition) is 2. The lowest BCUT2D eigenvalue weighted by atomic mass is 10.1. The third-order valence-corrected chi connectivity index (χ3v) is 5.29. The zero-order valence-corrected chi connectivity index (χ0v) is 13.9. The van der Waals surface area contributed by atoms with Gasteiger partial charge in [-0.25, -0.2) is 4.98 Å². The maximum absolute atomic E-state index is 4.76. The zero-order chi connectivity index (χ0) is 15.9. The number of piperidine rings is 1. The van der Waals surface area contributed by atoms with Gasteiger partial charge in [0.05, 0.1) is 17.6 Å². The summed E-state index contributed by atoms with van der Waals surface area (Å²) in [4.78, 5) is 17.8. The molecule has 1 unspecified atom stereocenters. The van der Waals surface area contributed by atoms with Crippen LogP contribution in [-0.2, 0) is 0 Å². The second-order valence-corrected chi connectivity index (χ2v) is 7.14. The molecule has 2 N–H and O–H groups in total.